The lowest BCUT2D eigenvalue weighted by Crippen LogP contribution is -2.14. The van der Waals surface area contributed by atoms with Crippen LogP contribution in [0.4, 0.5) is 11.4 Å². The predicted octanol–water partition coefficient (Wildman–Crippen LogP) is 4.59. The lowest BCUT2D eigenvalue weighted by atomic mass is 10.2. The SMILES string of the molecule is CN1c2ccccc2Sc2ccccc21.c1cnoc1. The summed E-state index contributed by atoms with van der Waals surface area (Å²) in [5, 5.41) is 3.35. The molecule has 1 aromatic heterocycles. The maximum Gasteiger partial charge on any atom is 0.123 e. The summed E-state index contributed by atoms with van der Waals surface area (Å²) >= 11 is 1.84. The van der Waals surface area contributed by atoms with Gasteiger partial charge in [0, 0.05) is 16.8 Å². The summed E-state index contributed by atoms with van der Waals surface area (Å²) in [6.45, 7) is 0. The van der Waals surface area contributed by atoms with E-state index in [9.17, 15) is 0 Å². The summed E-state index contributed by atoms with van der Waals surface area (Å²) in [7, 11) is 2.12. The van der Waals surface area contributed by atoms with Crippen LogP contribution in [0.5, 0.6) is 0 Å². The van der Waals surface area contributed by atoms with Crippen molar-refractivity contribution in [2.24, 2.45) is 0 Å². The minimum atomic E-state index is 1.29. The fourth-order valence-electron chi connectivity index (χ4n) is 2.07. The van der Waals surface area contributed by atoms with E-state index >= 15 is 0 Å². The van der Waals surface area contributed by atoms with E-state index in [1.807, 2.05) is 11.8 Å². The highest BCUT2D eigenvalue weighted by atomic mass is 32.2. The molecule has 2 heterocycles. The predicted molar refractivity (Wildman–Crippen MR) is 81.6 cm³/mol. The Hall–Kier alpha value is -2.20. The highest BCUT2D eigenvalue weighted by molar-refractivity contribution is 7.99. The maximum atomic E-state index is 4.33. The van der Waals surface area contributed by atoms with Gasteiger partial charge in [0.05, 0.1) is 17.6 Å². The van der Waals surface area contributed by atoms with Crippen LogP contribution in [0.25, 0.3) is 0 Å². The lowest BCUT2D eigenvalue weighted by Gasteiger charge is -2.29. The first kappa shape index (κ1) is 12.8. The number of nitrogens with zero attached hydrogens (tertiary/aromatic N) is 2. The first-order chi connectivity index (χ1) is 9.86. The van der Waals surface area contributed by atoms with Crippen molar-refractivity contribution in [3.63, 3.8) is 0 Å². The average Bonchev–Trinajstić information content (AvgIpc) is 3.07. The number of rotatable bonds is 0. The molecule has 3 nitrogen and oxygen atoms in total. The van der Waals surface area contributed by atoms with Gasteiger partial charge in [-0.1, -0.05) is 41.2 Å². The molecule has 0 saturated heterocycles. The molecule has 2 aromatic carbocycles. The van der Waals surface area contributed by atoms with E-state index in [2.05, 4.69) is 70.2 Å². The second kappa shape index (κ2) is 5.84. The van der Waals surface area contributed by atoms with Gasteiger partial charge < -0.3 is 9.42 Å². The van der Waals surface area contributed by atoms with Crippen LogP contribution >= 0.6 is 11.8 Å². The summed E-state index contributed by atoms with van der Waals surface area (Å²) in [5.74, 6) is 0. The first-order valence-corrected chi connectivity index (χ1v) is 7.12. The Morgan fingerprint density at radius 2 is 1.50 bits per heavy atom. The highest BCUT2D eigenvalue weighted by Gasteiger charge is 2.18. The monoisotopic (exact) mass is 282 g/mol. The van der Waals surface area contributed by atoms with Crippen LogP contribution in [0.15, 0.2) is 81.4 Å². The van der Waals surface area contributed by atoms with E-state index in [0.717, 1.165) is 0 Å². The van der Waals surface area contributed by atoms with Crippen molar-refractivity contribution in [3.05, 3.63) is 67.1 Å². The molecule has 0 spiro atoms. The van der Waals surface area contributed by atoms with Crippen LogP contribution < -0.4 is 4.90 Å². The van der Waals surface area contributed by atoms with Gasteiger partial charge in [0.15, 0.2) is 0 Å². The van der Waals surface area contributed by atoms with E-state index in [-0.39, 0.29) is 0 Å². The average molecular weight is 282 g/mol. The van der Waals surface area contributed by atoms with E-state index in [0.29, 0.717) is 0 Å². The summed E-state index contributed by atoms with van der Waals surface area (Å²) in [4.78, 5) is 4.92. The van der Waals surface area contributed by atoms with E-state index in [4.69, 9.17) is 0 Å². The number of aromatic nitrogens is 1. The highest BCUT2D eigenvalue weighted by Crippen LogP contribution is 2.46. The molecule has 0 N–H and O–H groups in total. The van der Waals surface area contributed by atoms with E-state index in [1.54, 1.807) is 12.3 Å². The molecule has 0 bridgehead atoms. The van der Waals surface area contributed by atoms with Gasteiger partial charge >= 0.3 is 0 Å². The molecule has 0 unspecified atom stereocenters. The van der Waals surface area contributed by atoms with Crippen LogP contribution in [0, 0.1) is 0 Å². The summed E-state index contributed by atoms with van der Waals surface area (Å²) in [6.07, 6.45) is 3.10. The fraction of sp³-hybridized carbons (Fsp3) is 0.0625. The van der Waals surface area contributed by atoms with Crippen molar-refractivity contribution < 1.29 is 4.52 Å². The summed E-state index contributed by atoms with van der Waals surface area (Å²) in [6, 6.07) is 18.8. The molecule has 3 aromatic rings. The summed E-state index contributed by atoms with van der Waals surface area (Å²) in [5.41, 5.74) is 2.59. The van der Waals surface area contributed by atoms with Crippen molar-refractivity contribution >= 4 is 23.1 Å². The number of anilines is 2. The van der Waals surface area contributed by atoms with Gasteiger partial charge in [0.25, 0.3) is 0 Å². The van der Waals surface area contributed by atoms with Gasteiger partial charge in [-0.15, -0.1) is 0 Å². The van der Waals surface area contributed by atoms with Gasteiger partial charge in [0.2, 0.25) is 0 Å². The quantitative estimate of drug-likeness (QED) is 0.603. The van der Waals surface area contributed by atoms with Gasteiger partial charge in [0.1, 0.15) is 6.26 Å². The molecule has 0 amide bonds. The summed E-state index contributed by atoms with van der Waals surface area (Å²) < 4.78 is 4.33. The number of hydrogen-bond donors (Lipinski definition) is 0. The van der Waals surface area contributed by atoms with Crippen molar-refractivity contribution in [1.29, 1.82) is 0 Å². The van der Waals surface area contributed by atoms with Crippen LogP contribution in [-0.4, -0.2) is 12.2 Å². The molecule has 20 heavy (non-hydrogen) atoms. The Labute approximate surface area is 122 Å². The molecular weight excluding hydrogens is 268 g/mol. The zero-order chi connectivity index (χ0) is 13.8. The molecule has 0 saturated carbocycles. The van der Waals surface area contributed by atoms with Gasteiger partial charge in [-0.05, 0) is 30.3 Å². The molecule has 4 rings (SSSR count). The topological polar surface area (TPSA) is 29.3 Å². The zero-order valence-electron chi connectivity index (χ0n) is 11.1. The number of benzene rings is 2. The van der Waals surface area contributed by atoms with Crippen LogP contribution in [-0.2, 0) is 0 Å². The third-order valence-electron chi connectivity index (χ3n) is 3.02. The first-order valence-electron chi connectivity index (χ1n) is 6.30. The minimum absolute atomic E-state index is 1.29. The molecule has 1 aliphatic rings. The standard InChI is InChI=1S/C13H11NS.C3H3NO/c1-14-10-6-2-4-8-12(10)15-13-9-5-3-7-11(13)14;1-2-4-5-3-1/h2-9H,1H3;1-3H. The molecule has 1 aliphatic heterocycles. The van der Waals surface area contributed by atoms with Crippen molar-refractivity contribution in [2.45, 2.75) is 9.79 Å². The van der Waals surface area contributed by atoms with Crippen molar-refractivity contribution in [2.75, 3.05) is 11.9 Å². The van der Waals surface area contributed by atoms with Gasteiger partial charge in [-0.25, -0.2) is 0 Å². The normalized spacial score (nSPS) is 11.9. The minimum Gasteiger partial charge on any atom is -0.365 e. The van der Waals surface area contributed by atoms with Crippen molar-refractivity contribution in [3.8, 4) is 0 Å². The molecule has 0 atom stereocenters. The number of hydrogen-bond acceptors (Lipinski definition) is 4. The van der Waals surface area contributed by atoms with Crippen LogP contribution in [0.3, 0.4) is 0 Å². The van der Waals surface area contributed by atoms with E-state index in [1.165, 1.54) is 27.4 Å². The van der Waals surface area contributed by atoms with Gasteiger partial charge in [-0.2, -0.15) is 0 Å². The molecule has 0 fully saturated rings. The Morgan fingerprint density at radius 3 is 1.95 bits per heavy atom. The zero-order valence-corrected chi connectivity index (χ0v) is 11.9. The van der Waals surface area contributed by atoms with Crippen molar-refractivity contribution in [1.82, 2.24) is 5.16 Å². The molecule has 0 aliphatic carbocycles. The third kappa shape index (κ3) is 2.56. The lowest BCUT2D eigenvalue weighted by molar-refractivity contribution is 0.420. The molecule has 0 radical (unpaired) electrons. The largest absolute Gasteiger partial charge is 0.365 e. The number of fused-ring (bicyclic) bond motifs is 2. The second-order valence-corrected chi connectivity index (χ2v) is 5.37. The van der Waals surface area contributed by atoms with E-state index < -0.39 is 0 Å². The maximum absolute atomic E-state index is 4.33. The van der Waals surface area contributed by atoms with Gasteiger partial charge in [-0.3, -0.25) is 0 Å². The Balaban J connectivity index is 0.000000205. The molecule has 100 valence electrons. The molecule has 4 heteroatoms. The third-order valence-corrected chi connectivity index (χ3v) is 4.15. The Morgan fingerprint density at radius 1 is 0.900 bits per heavy atom. The smallest absolute Gasteiger partial charge is 0.123 e. The Kier molecular flexibility index (Phi) is 3.74. The second-order valence-electron chi connectivity index (χ2n) is 4.28. The fourth-order valence-corrected chi connectivity index (χ4v) is 3.21. The number of para-hydroxylation sites is 2. The molecular formula is C16H14N2OS. The van der Waals surface area contributed by atoms with Crippen LogP contribution in [0.2, 0.25) is 0 Å². The Bertz CT molecular complexity index is 620. The van der Waals surface area contributed by atoms with Crippen LogP contribution in [0.1, 0.15) is 0 Å².